The zero-order chi connectivity index (χ0) is 10.8. The highest BCUT2D eigenvalue weighted by molar-refractivity contribution is 9.10. The Morgan fingerprint density at radius 1 is 1.53 bits per heavy atom. The molecule has 0 spiro atoms. The summed E-state index contributed by atoms with van der Waals surface area (Å²) < 4.78 is 2.21. The van der Waals surface area contributed by atoms with E-state index in [2.05, 4.69) is 25.9 Å². The van der Waals surface area contributed by atoms with Crippen LogP contribution in [0.2, 0.25) is 0 Å². The van der Waals surface area contributed by atoms with E-state index < -0.39 is 4.92 Å². The maximum atomic E-state index is 10.5. The second-order valence-corrected chi connectivity index (χ2v) is 3.58. The lowest BCUT2D eigenvalue weighted by atomic mass is 10.4. The molecule has 6 nitrogen and oxygen atoms in total. The molecule has 0 saturated heterocycles. The molecule has 76 valence electrons. The van der Waals surface area contributed by atoms with Crippen LogP contribution in [0.25, 0.3) is 5.82 Å². The summed E-state index contributed by atoms with van der Waals surface area (Å²) in [4.78, 5) is 17.8. The van der Waals surface area contributed by atoms with E-state index in [1.807, 2.05) is 0 Å². The summed E-state index contributed by atoms with van der Waals surface area (Å²) >= 11 is 3.22. The molecule has 0 bridgehead atoms. The highest BCUT2D eigenvalue weighted by Gasteiger charge is 2.11. The van der Waals surface area contributed by atoms with Gasteiger partial charge >= 0.3 is 0 Å². The average Bonchev–Trinajstić information content (AvgIpc) is 2.70. The number of nitrogens with zero attached hydrogens (tertiary/aromatic N) is 4. The molecule has 2 heterocycles. The highest BCUT2D eigenvalue weighted by Crippen LogP contribution is 2.23. The van der Waals surface area contributed by atoms with Crippen molar-refractivity contribution in [3.63, 3.8) is 0 Å². The van der Waals surface area contributed by atoms with E-state index in [0.717, 1.165) is 0 Å². The van der Waals surface area contributed by atoms with Crippen LogP contribution in [0, 0.1) is 10.1 Å². The zero-order valence-electron chi connectivity index (χ0n) is 7.37. The van der Waals surface area contributed by atoms with E-state index in [9.17, 15) is 10.1 Å². The van der Waals surface area contributed by atoms with Crippen molar-refractivity contribution in [3.05, 3.63) is 45.6 Å². The van der Waals surface area contributed by atoms with Crippen molar-refractivity contribution in [2.75, 3.05) is 0 Å². The second-order valence-electron chi connectivity index (χ2n) is 2.73. The lowest BCUT2D eigenvalue weighted by molar-refractivity contribution is -0.385. The van der Waals surface area contributed by atoms with E-state index in [0.29, 0.717) is 10.3 Å². The Balaban J connectivity index is 2.48. The first-order chi connectivity index (χ1) is 7.18. The maximum absolute atomic E-state index is 10.5. The van der Waals surface area contributed by atoms with Gasteiger partial charge in [0.15, 0.2) is 5.82 Å². The van der Waals surface area contributed by atoms with Gasteiger partial charge < -0.3 is 0 Å². The third-order valence-electron chi connectivity index (χ3n) is 1.77. The molecule has 0 saturated carbocycles. The molecule has 0 aliphatic carbocycles. The number of nitro groups is 1. The minimum atomic E-state index is -0.491. The molecule has 2 rings (SSSR count). The summed E-state index contributed by atoms with van der Waals surface area (Å²) in [5.41, 5.74) is -0.0502. The van der Waals surface area contributed by atoms with Gasteiger partial charge in [-0.15, -0.1) is 0 Å². The SMILES string of the molecule is O=[N+]([O-])c1cnc(-n2ccnc2)c(Br)c1. The predicted molar refractivity (Wildman–Crippen MR) is 55.7 cm³/mol. The van der Waals surface area contributed by atoms with E-state index in [-0.39, 0.29) is 5.69 Å². The lowest BCUT2D eigenvalue weighted by Crippen LogP contribution is -1.97. The molecule has 0 aliphatic rings. The van der Waals surface area contributed by atoms with Crippen molar-refractivity contribution in [1.82, 2.24) is 14.5 Å². The number of imidazole rings is 1. The third kappa shape index (κ3) is 1.86. The second kappa shape index (κ2) is 3.77. The van der Waals surface area contributed by atoms with Gasteiger partial charge in [-0.05, 0) is 15.9 Å². The van der Waals surface area contributed by atoms with E-state index >= 15 is 0 Å². The summed E-state index contributed by atoms with van der Waals surface area (Å²) in [6, 6.07) is 1.41. The lowest BCUT2D eigenvalue weighted by Gasteiger charge is -2.02. The summed E-state index contributed by atoms with van der Waals surface area (Å²) in [7, 11) is 0. The van der Waals surface area contributed by atoms with Crippen LogP contribution < -0.4 is 0 Å². The topological polar surface area (TPSA) is 73.8 Å². The van der Waals surface area contributed by atoms with E-state index in [1.165, 1.54) is 12.3 Å². The molecule has 2 aromatic rings. The Hall–Kier alpha value is -1.76. The van der Waals surface area contributed by atoms with Crippen LogP contribution in [0.1, 0.15) is 0 Å². The van der Waals surface area contributed by atoms with Crippen molar-refractivity contribution in [2.24, 2.45) is 0 Å². The molecule has 0 fully saturated rings. The Bertz CT molecular complexity index is 497. The van der Waals surface area contributed by atoms with Gasteiger partial charge in [0.25, 0.3) is 5.69 Å². The molecule has 7 heteroatoms. The van der Waals surface area contributed by atoms with Crippen LogP contribution in [0.15, 0.2) is 35.5 Å². The predicted octanol–water partition coefficient (Wildman–Crippen LogP) is 1.94. The number of halogens is 1. The first-order valence-corrected chi connectivity index (χ1v) is 4.76. The van der Waals surface area contributed by atoms with Gasteiger partial charge in [-0.1, -0.05) is 0 Å². The molecule has 0 aromatic carbocycles. The molecule has 15 heavy (non-hydrogen) atoms. The highest BCUT2D eigenvalue weighted by atomic mass is 79.9. The number of rotatable bonds is 2. The largest absolute Gasteiger partial charge is 0.290 e. The van der Waals surface area contributed by atoms with Crippen molar-refractivity contribution < 1.29 is 4.92 Å². The normalized spacial score (nSPS) is 10.2. The zero-order valence-corrected chi connectivity index (χ0v) is 8.96. The van der Waals surface area contributed by atoms with Gasteiger partial charge in [0.1, 0.15) is 12.5 Å². The number of aromatic nitrogens is 3. The van der Waals surface area contributed by atoms with Crippen LogP contribution in [-0.2, 0) is 0 Å². The molecule has 0 N–H and O–H groups in total. The molecule has 0 aliphatic heterocycles. The molecule has 0 radical (unpaired) electrons. The van der Waals surface area contributed by atoms with Crippen molar-refractivity contribution >= 4 is 21.6 Å². The van der Waals surface area contributed by atoms with Crippen LogP contribution in [0.5, 0.6) is 0 Å². The Kier molecular flexibility index (Phi) is 2.46. The van der Waals surface area contributed by atoms with Crippen molar-refractivity contribution in [1.29, 1.82) is 0 Å². The molecular formula is C8H5BrN4O2. The van der Waals surface area contributed by atoms with Crippen LogP contribution >= 0.6 is 15.9 Å². The molecular weight excluding hydrogens is 264 g/mol. The minimum Gasteiger partial charge on any atom is -0.290 e. The fourth-order valence-corrected chi connectivity index (χ4v) is 1.64. The van der Waals surface area contributed by atoms with Crippen molar-refractivity contribution in [2.45, 2.75) is 0 Å². The smallest absolute Gasteiger partial charge is 0.288 e. The van der Waals surface area contributed by atoms with Gasteiger partial charge in [-0.3, -0.25) is 14.7 Å². The Morgan fingerprint density at radius 2 is 2.33 bits per heavy atom. The van der Waals surface area contributed by atoms with E-state index in [4.69, 9.17) is 0 Å². The van der Waals surface area contributed by atoms with E-state index in [1.54, 1.807) is 23.3 Å². The van der Waals surface area contributed by atoms with Crippen molar-refractivity contribution in [3.8, 4) is 5.82 Å². The van der Waals surface area contributed by atoms with Gasteiger partial charge in [-0.2, -0.15) is 0 Å². The van der Waals surface area contributed by atoms with Gasteiger partial charge in [0, 0.05) is 18.5 Å². The van der Waals surface area contributed by atoms with Crippen LogP contribution in [0.4, 0.5) is 5.69 Å². The van der Waals surface area contributed by atoms with Crippen LogP contribution in [0.3, 0.4) is 0 Å². The Labute approximate surface area is 92.9 Å². The number of pyridine rings is 1. The fraction of sp³-hybridized carbons (Fsp3) is 0. The molecule has 2 aromatic heterocycles. The first kappa shape index (κ1) is 9.78. The van der Waals surface area contributed by atoms with Crippen LogP contribution in [-0.4, -0.2) is 19.5 Å². The standard InChI is InChI=1S/C8H5BrN4O2/c9-7-3-6(13(14)15)4-11-8(7)12-2-1-10-5-12/h1-5H. The van der Waals surface area contributed by atoms with Gasteiger partial charge in [0.05, 0.1) is 9.40 Å². The summed E-state index contributed by atoms with van der Waals surface area (Å²) in [5, 5.41) is 10.5. The first-order valence-electron chi connectivity index (χ1n) is 3.97. The third-order valence-corrected chi connectivity index (χ3v) is 2.35. The summed E-state index contributed by atoms with van der Waals surface area (Å²) in [6.45, 7) is 0. The van der Waals surface area contributed by atoms with Gasteiger partial charge in [-0.25, -0.2) is 9.97 Å². The summed E-state index contributed by atoms with van der Waals surface area (Å²) in [5.74, 6) is 0.568. The monoisotopic (exact) mass is 268 g/mol. The van der Waals surface area contributed by atoms with Gasteiger partial charge in [0.2, 0.25) is 0 Å². The quantitative estimate of drug-likeness (QED) is 0.616. The molecule has 0 unspecified atom stereocenters. The fourth-order valence-electron chi connectivity index (χ4n) is 1.09. The minimum absolute atomic E-state index is 0.0502. The number of hydrogen-bond acceptors (Lipinski definition) is 4. The molecule has 0 amide bonds. The summed E-state index contributed by atoms with van der Waals surface area (Å²) in [6.07, 6.45) is 6.09. The average molecular weight is 269 g/mol. The number of hydrogen-bond donors (Lipinski definition) is 0. The maximum Gasteiger partial charge on any atom is 0.288 e. The molecule has 0 atom stereocenters. The Morgan fingerprint density at radius 3 is 2.87 bits per heavy atom.